The van der Waals surface area contributed by atoms with Crippen molar-refractivity contribution in [3.63, 3.8) is 0 Å². The van der Waals surface area contributed by atoms with Gasteiger partial charge in [-0.15, -0.1) is 0 Å². The van der Waals surface area contributed by atoms with Crippen molar-refractivity contribution in [3.8, 4) is 0 Å². The average Bonchev–Trinajstić information content (AvgIpc) is 2.95. The standard InChI is InChI=1S/C32H68O7P2/c1-9-17-21-25-29(13-5)35-40(33,36-30(14-6)26-22-18-10-2)39-41(34,37-31(15-7)27-23-19-11-3)38-32(16-8)28-24-20-12-4/h29-32H,9-28H2,1-8H3. The molecule has 0 amide bonds. The van der Waals surface area contributed by atoms with Crippen molar-refractivity contribution in [2.45, 2.75) is 208 Å². The van der Waals surface area contributed by atoms with E-state index in [-0.39, 0.29) is 24.4 Å². The highest BCUT2D eigenvalue weighted by molar-refractivity contribution is 7.62. The second-order valence-electron chi connectivity index (χ2n) is 11.5. The molecular formula is C32H68O7P2. The highest BCUT2D eigenvalue weighted by Gasteiger charge is 2.45. The van der Waals surface area contributed by atoms with E-state index in [1.807, 2.05) is 27.7 Å². The van der Waals surface area contributed by atoms with E-state index in [2.05, 4.69) is 27.7 Å². The van der Waals surface area contributed by atoms with Gasteiger partial charge in [-0.3, -0.25) is 18.1 Å². The number of unbranched alkanes of at least 4 members (excludes halogenated alkanes) is 8. The summed E-state index contributed by atoms with van der Waals surface area (Å²) in [5.74, 6) is 0. The quantitative estimate of drug-likeness (QED) is 0.0579. The third-order valence-corrected chi connectivity index (χ3v) is 11.5. The third-order valence-electron chi connectivity index (χ3n) is 7.65. The monoisotopic (exact) mass is 626 g/mol. The maximum absolute atomic E-state index is 14.5. The Labute approximate surface area is 255 Å². The second-order valence-corrected chi connectivity index (χ2v) is 14.8. The van der Waals surface area contributed by atoms with Crippen molar-refractivity contribution in [1.29, 1.82) is 0 Å². The molecule has 0 rings (SSSR count). The van der Waals surface area contributed by atoms with Gasteiger partial charge in [-0.25, -0.2) is 9.13 Å². The molecule has 0 aliphatic rings. The van der Waals surface area contributed by atoms with Crippen LogP contribution in [0.1, 0.15) is 184 Å². The van der Waals surface area contributed by atoms with Crippen molar-refractivity contribution in [1.82, 2.24) is 0 Å². The minimum Gasteiger partial charge on any atom is -0.283 e. The number of hydrogen-bond acceptors (Lipinski definition) is 7. The van der Waals surface area contributed by atoms with Crippen LogP contribution in [-0.4, -0.2) is 24.4 Å². The molecule has 0 spiro atoms. The van der Waals surface area contributed by atoms with Gasteiger partial charge >= 0.3 is 15.6 Å². The molecule has 0 fully saturated rings. The summed E-state index contributed by atoms with van der Waals surface area (Å²) in [6, 6.07) is 0. The van der Waals surface area contributed by atoms with Crippen molar-refractivity contribution in [2.75, 3.05) is 0 Å². The molecule has 41 heavy (non-hydrogen) atoms. The zero-order valence-electron chi connectivity index (χ0n) is 28.2. The van der Waals surface area contributed by atoms with Gasteiger partial charge in [0.2, 0.25) is 0 Å². The van der Waals surface area contributed by atoms with Crippen molar-refractivity contribution in [2.24, 2.45) is 0 Å². The van der Waals surface area contributed by atoms with Gasteiger partial charge in [-0.2, -0.15) is 4.31 Å². The van der Waals surface area contributed by atoms with Crippen LogP contribution in [-0.2, 0) is 31.5 Å². The van der Waals surface area contributed by atoms with Gasteiger partial charge < -0.3 is 0 Å². The summed E-state index contributed by atoms with van der Waals surface area (Å²) in [5, 5.41) is 0. The Kier molecular flexibility index (Phi) is 25.7. The first-order valence-corrected chi connectivity index (χ1v) is 20.2. The Bertz CT molecular complexity index is 587. The molecule has 0 radical (unpaired) electrons. The Morgan fingerprint density at radius 3 is 0.780 bits per heavy atom. The lowest BCUT2D eigenvalue weighted by atomic mass is 10.1. The third kappa shape index (κ3) is 20.0. The molecule has 4 atom stereocenters. The van der Waals surface area contributed by atoms with Crippen molar-refractivity contribution < 1.29 is 31.5 Å². The number of rotatable bonds is 30. The predicted octanol–water partition coefficient (Wildman–Crippen LogP) is 12.7. The number of phosphoric acid groups is 2. The van der Waals surface area contributed by atoms with Gasteiger partial charge in [0, 0.05) is 0 Å². The molecule has 0 aromatic rings. The molecule has 0 saturated heterocycles. The van der Waals surface area contributed by atoms with Gasteiger partial charge in [0.1, 0.15) is 0 Å². The Balaban J connectivity index is 6.25. The first-order chi connectivity index (χ1) is 19.7. The lowest BCUT2D eigenvalue weighted by molar-refractivity contribution is 0.0316. The molecule has 0 bridgehead atoms. The number of phosphoric ester groups is 2. The summed E-state index contributed by atoms with van der Waals surface area (Å²) in [7, 11) is -8.59. The van der Waals surface area contributed by atoms with E-state index in [1.165, 1.54) is 0 Å². The van der Waals surface area contributed by atoms with Crippen LogP contribution in [0.4, 0.5) is 0 Å². The number of hydrogen-bond donors (Lipinski definition) is 0. The topological polar surface area (TPSA) is 80.3 Å². The summed E-state index contributed by atoms with van der Waals surface area (Å²) in [5.41, 5.74) is 0. The Morgan fingerprint density at radius 2 is 0.610 bits per heavy atom. The van der Waals surface area contributed by atoms with Gasteiger partial charge in [0.15, 0.2) is 0 Å². The van der Waals surface area contributed by atoms with Gasteiger partial charge in [-0.05, 0) is 51.4 Å². The highest BCUT2D eigenvalue weighted by Crippen LogP contribution is 2.68. The van der Waals surface area contributed by atoms with E-state index in [4.69, 9.17) is 22.4 Å². The fraction of sp³-hybridized carbons (Fsp3) is 1.00. The highest BCUT2D eigenvalue weighted by atomic mass is 31.3. The minimum absolute atomic E-state index is 0.327. The van der Waals surface area contributed by atoms with Gasteiger partial charge in [-0.1, -0.05) is 132 Å². The summed E-state index contributed by atoms with van der Waals surface area (Å²) in [6.45, 7) is 16.6. The van der Waals surface area contributed by atoms with Crippen LogP contribution >= 0.6 is 15.6 Å². The Hall–Kier alpha value is 0.260. The van der Waals surface area contributed by atoms with Crippen molar-refractivity contribution in [3.05, 3.63) is 0 Å². The SMILES string of the molecule is CCCCCC(CC)OP(=O)(OC(CC)CCCCC)OP(=O)(OC(CC)CCCCC)OC(CC)CCCCC. The summed E-state index contributed by atoms with van der Waals surface area (Å²) < 4.78 is 59.7. The van der Waals surface area contributed by atoms with Crippen LogP contribution < -0.4 is 0 Å². The lowest BCUT2D eigenvalue weighted by Gasteiger charge is -2.31. The van der Waals surface area contributed by atoms with E-state index >= 15 is 0 Å². The molecule has 0 saturated carbocycles. The maximum atomic E-state index is 14.5. The van der Waals surface area contributed by atoms with Crippen LogP contribution in [0.2, 0.25) is 0 Å². The normalized spacial score (nSPS) is 18.0. The molecule has 0 aromatic heterocycles. The van der Waals surface area contributed by atoms with Crippen LogP contribution in [0.3, 0.4) is 0 Å². The molecular weight excluding hydrogens is 558 g/mol. The predicted molar refractivity (Wildman–Crippen MR) is 174 cm³/mol. The first kappa shape index (κ1) is 41.3. The molecule has 0 aromatic carbocycles. The fourth-order valence-electron chi connectivity index (χ4n) is 4.79. The molecule has 0 aliphatic carbocycles. The second kappa shape index (κ2) is 25.6. The van der Waals surface area contributed by atoms with Gasteiger partial charge in [0.25, 0.3) is 0 Å². The summed E-state index contributed by atoms with van der Waals surface area (Å²) in [4.78, 5) is 0. The average molecular weight is 627 g/mol. The van der Waals surface area contributed by atoms with Gasteiger partial charge in [0.05, 0.1) is 24.4 Å². The van der Waals surface area contributed by atoms with Crippen LogP contribution in [0.15, 0.2) is 0 Å². The van der Waals surface area contributed by atoms with E-state index in [9.17, 15) is 9.13 Å². The fourth-order valence-corrected chi connectivity index (χ4v) is 8.97. The van der Waals surface area contributed by atoms with Crippen LogP contribution in [0.25, 0.3) is 0 Å². The molecule has 9 heteroatoms. The molecule has 0 heterocycles. The minimum atomic E-state index is -4.29. The first-order valence-electron chi connectivity index (χ1n) is 17.3. The van der Waals surface area contributed by atoms with E-state index in [0.717, 1.165) is 103 Å². The van der Waals surface area contributed by atoms with Crippen LogP contribution in [0, 0.1) is 0 Å². The summed E-state index contributed by atoms with van der Waals surface area (Å²) >= 11 is 0. The molecule has 7 nitrogen and oxygen atoms in total. The summed E-state index contributed by atoms with van der Waals surface area (Å²) in [6.07, 6.45) is 16.7. The molecule has 248 valence electrons. The van der Waals surface area contributed by atoms with E-state index < -0.39 is 15.6 Å². The largest absolute Gasteiger partial charge is 0.484 e. The maximum Gasteiger partial charge on any atom is 0.484 e. The molecule has 4 unspecified atom stereocenters. The Morgan fingerprint density at radius 1 is 0.390 bits per heavy atom. The smallest absolute Gasteiger partial charge is 0.283 e. The lowest BCUT2D eigenvalue weighted by Crippen LogP contribution is -2.20. The van der Waals surface area contributed by atoms with E-state index in [1.54, 1.807) is 0 Å². The van der Waals surface area contributed by atoms with Crippen LogP contribution in [0.5, 0.6) is 0 Å². The van der Waals surface area contributed by atoms with Crippen molar-refractivity contribution >= 4 is 15.6 Å². The molecule has 0 aliphatic heterocycles. The van der Waals surface area contributed by atoms with E-state index in [0.29, 0.717) is 25.7 Å². The zero-order valence-corrected chi connectivity index (χ0v) is 30.0. The molecule has 0 N–H and O–H groups in total. The zero-order chi connectivity index (χ0) is 31.0.